The molecule has 1 N–H and O–H groups in total. The first-order valence-electron chi connectivity index (χ1n) is 6.93. The van der Waals surface area contributed by atoms with Crippen LogP contribution in [0.5, 0.6) is 0 Å². The van der Waals surface area contributed by atoms with E-state index in [9.17, 15) is 0 Å². The second-order valence-electron chi connectivity index (χ2n) is 5.40. The highest BCUT2D eigenvalue weighted by atomic mass is 16.5. The van der Waals surface area contributed by atoms with Crippen LogP contribution in [0.3, 0.4) is 0 Å². The largest absolute Gasteiger partial charge is 0.375 e. The molecular weight excluding hydrogens is 226 g/mol. The summed E-state index contributed by atoms with van der Waals surface area (Å²) >= 11 is 0. The van der Waals surface area contributed by atoms with Crippen molar-refractivity contribution in [1.29, 1.82) is 0 Å². The summed E-state index contributed by atoms with van der Waals surface area (Å²) in [6.07, 6.45) is 2.49. The van der Waals surface area contributed by atoms with E-state index < -0.39 is 0 Å². The van der Waals surface area contributed by atoms with Gasteiger partial charge in [0.2, 0.25) is 0 Å². The summed E-state index contributed by atoms with van der Waals surface area (Å²) in [5.41, 5.74) is 1.25. The van der Waals surface area contributed by atoms with Gasteiger partial charge in [-0.3, -0.25) is 4.68 Å². The number of nitrogens with zero attached hydrogens (tertiary/aromatic N) is 2. The van der Waals surface area contributed by atoms with Gasteiger partial charge in [0.1, 0.15) is 0 Å². The van der Waals surface area contributed by atoms with E-state index in [-0.39, 0.29) is 6.10 Å². The molecule has 1 aromatic rings. The van der Waals surface area contributed by atoms with Gasteiger partial charge in [-0.05, 0) is 32.4 Å². The van der Waals surface area contributed by atoms with E-state index in [4.69, 9.17) is 4.74 Å². The minimum absolute atomic E-state index is 0.286. The lowest BCUT2D eigenvalue weighted by molar-refractivity contribution is 0.0472. The van der Waals surface area contributed by atoms with Crippen LogP contribution in [0.25, 0.3) is 0 Å². The van der Waals surface area contributed by atoms with Crippen molar-refractivity contribution in [1.82, 2.24) is 15.1 Å². The molecule has 0 bridgehead atoms. The van der Waals surface area contributed by atoms with Gasteiger partial charge in [-0.2, -0.15) is 5.10 Å². The molecule has 1 aromatic heterocycles. The summed E-state index contributed by atoms with van der Waals surface area (Å²) in [5, 5.41) is 7.90. The number of aromatic nitrogens is 2. The lowest BCUT2D eigenvalue weighted by atomic mass is 9.82. The number of ether oxygens (including phenoxy) is 1. The minimum Gasteiger partial charge on any atom is -0.375 e. The normalized spacial score (nSPS) is 33.8. The lowest BCUT2D eigenvalue weighted by Gasteiger charge is -2.29. The van der Waals surface area contributed by atoms with E-state index in [0.29, 0.717) is 24.0 Å². The molecule has 1 aliphatic rings. The van der Waals surface area contributed by atoms with Gasteiger partial charge in [-0.1, -0.05) is 13.8 Å². The van der Waals surface area contributed by atoms with Crippen molar-refractivity contribution < 1.29 is 4.74 Å². The fourth-order valence-corrected chi connectivity index (χ4v) is 3.22. The number of hydrogen-bond acceptors (Lipinski definition) is 3. The van der Waals surface area contributed by atoms with E-state index in [0.717, 1.165) is 6.54 Å². The molecule has 102 valence electrons. The van der Waals surface area contributed by atoms with Gasteiger partial charge < -0.3 is 10.1 Å². The van der Waals surface area contributed by atoms with Gasteiger partial charge in [0.15, 0.2) is 0 Å². The fraction of sp³-hybridized carbons (Fsp3) is 0.786. The maximum Gasteiger partial charge on any atom is 0.0601 e. The SMILES string of the molecule is CCNC(c1ccnn1C)C1C(C)OC(C)C1C. The Morgan fingerprint density at radius 2 is 2.11 bits per heavy atom. The number of aryl methyl sites for hydroxylation is 1. The number of rotatable bonds is 4. The number of hydrogen-bond donors (Lipinski definition) is 1. The molecule has 1 aliphatic heterocycles. The zero-order chi connectivity index (χ0) is 13.3. The maximum absolute atomic E-state index is 5.98. The van der Waals surface area contributed by atoms with Gasteiger partial charge in [-0.15, -0.1) is 0 Å². The molecule has 5 atom stereocenters. The minimum atomic E-state index is 0.286. The van der Waals surface area contributed by atoms with Crippen molar-refractivity contribution in [2.75, 3.05) is 6.54 Å². The summed E-state index contributed by atoms with van der Waals surface area (Å²) in [4.78, 5) is 0. The highest BCUT2D eigenvalue weighted by Gasteiger charge is 2.42. The first kappa shape index (κ1) is 13.6. The zero-order valence-corrected chi connectivity index (χ0v) is 12.1. The monoisotopic (exact) mass is 251 g/mol. The summed E-state index contributed by atoms with van der Waals surface area (Å²) in [7, 11) is 2.01. The highest BCUT2D eigenvalue weighted by Crippen LogP contribution is 2.40. The summed E-state index contributed by atoms with van der Waals surface area (Å²) in [5.74, 6) is 1.05. The van der Waals surface area contributed by atoms with Crippen molar-refractivity contribution in [3.8, 4) is 0 Å². The smallest absolute Gasteiger partial charge is 0.0601 e. The molecule has 0 saturated carbocycles. The van der Waals surface area contributed by atoms with Crippen molar-refractivity contribution >= 4 is 0 Å². The van der Waals surface area contributed by atoms with Gasteiger partial charge in [0.25, 0.3) is 0 Å². The molecule has 2 rings (SSSR count). The fourth-order valence-electron chi connectivity index (χ4n) is 3.22. The maximum atomic E-state index is 5.98. The zero-order valence-electron chi connectivity index (χ0n) is 12.1. The van der Waals surface area contributed by atoms with Crippen LogP contribution in [0.2, 0.25) is 0 Å². The van der Waals surface area contributed by atoms with Crippen molar-refractivity contribution in [3.63, 3.8) is 0 Å². The highest BCUT2D eigenvalue weighted by molar-refractivity contribution is 5.11. The second-order valence-corrected chi connectivity index (χ2v) is 5.40. The molecular formula is C14H25N3O. The van der Waals surface area contributed by atoms with Gasteiger partial charge in [0, 0.05) is 19.2 Å². The molecule has 0 amide bonds. The molecule has 0 aromatic carbocycles. The molecule has 1 saturated heterocycles. The van der Waals surface area contributed by atoms with Crippen LogP contribution in [0.15, 0.2) is 12.3 Å². The molecule has 4 heteroatoms. The van der Waals surface area contributed by atoms with Gasteiger partial charge in [-0.25, -0.2) is 0 Å². The average molecular weight is 251 g/mol. The Bertz CT molecular complexity index is 390. The molecule has 5 unspecified atom stereocenters. The first-order valence-corrected chi connectivity index (χ1v) is 6.93. The quantitative estimate of drug-likeness (QED) is 0.891. The van der Waals surface area contributed by atoms with Crippen LogP contribution in [-0.4, -0.2) is 28.5 Å². The standard InChI is InChI=1S/C14H25N3O/c1-6-15-14(12-7-8-16-17(12)5)13-9(2)10(3)18-11(13)4/h7-11,13-15H,6H2,1-5H3. The number of nitrogens with one attached hydrogen (secondary N) is 1. The Morgan fingerprint density at radius 3 is 2.56 bits per heavy atom. The predicted octanol–water partition coefficient (Wildman–Crippen LogP) is 2.13. The third-order valence-electron chi connectivity index (χ3n) is 4.31. The first-order chi connectivity index (χ1) is 8.56. The van der Waals surface area contributed by atoms with Crippen LogP contribution in [-0.2, 0) is 11.8 Å². The molecule has 2 heterocycles. The molecule has 0 radical (unpaired) electrons. The third kappa shape index (κ3) is 2.31. The van der Waals surface area contributed by atoms with Gasteiger partial charge >= 0.3 is 0 Å². The van der Waals surface area contributed by atoms with Crippen molar-refractivity contribution in [3.05, 3.63) is 18.0 Å². The second kappa shape index (κ2) is 5.41. The van der Waals surface area contributed by atoms with Crippen LogP contribution >= 0.6 is 0 Å². The Hall–Kier alpha value is -0.870. The Labute approximate surface area is 110 Å². The van der Waals surface area contributed by atoms with Crippen LogP contribution < -0.4 is 5.32 Å². The summed E-state index contributed by atoms with van der Waals surface area (Å²) in [6, 6.07) is 2.42. The predicted molar refractivity (Wildman–Crippen MR) is 72.3 cm³/mol. The molecule has 1 fully saturated rings. The topological polar surface area (TPSA) is 39.1 Å². The Morgan fingerprint density at radius 1 is 1.39 bits per heavy atom. The van der Waals surface area contributed by atoms with E-state index >= 15 is 0 Å². The molecule has 0 spiro atoms. The lowest BCUT2D eigenvalue weighted by Crippen LogP contribution is -2.36. The van der Waals surface area contributed by atoms with Crippen molar-refractivity contribution in [2.45, 2.75) is 45.9 Å². The van der Waals surface area contributed by atoms with E-state index in [1.807, 2.05) is 17.9 Å². The van der Waals surface area contributed by atoms with Crippen molar-refractivity contribution in [2.24, 2.45) is 18.9 Å². The average Bonchev–Trinajstić information content (AvgIpc) is 2.83. The van der Waals surface area contributed by atoms with E-state index in [1.165, 1.54) is 5.69 Å². The van der Waals surface area contributed by atoms with Crippen LogP contribution in [0, 0.1) is 11.8 Å². The summed E-state index contributed by atoms with van der Waals surface area (Å²) < 4.78 is 7.95. The van der Waals surface area contributed by atoms with Gasteiger partial charge in [0.05, 0.1) is 23.9 Å². The Balaban J connectivity index is 2.28. The van der Waals surface area contributed by atoms with Crippen LogP contribution in [0.1, 0.15) is 39.4 Å². The Kier molecular flexibility index (Phi) is 4.07. The molecule has 0 aliphatic carbocycles. The van der Waals surface area contributed by atoms with E-state index in [1.54, 1.807) is 0 Å². The summed E-state index contributed by atoms with van der Waals surface area (Å²) in [6.45, 7) is 9.76. The van der Waals surface area contributed by atoms with E-state index in [2.05, 4.69) is 44.2 Å². The van der Waals surface area contributed by atoms with Crippen LogP contribution in [0.4, 0.5) is 0 Å². The molecule has 4 nitrogen and oxygen atoms in total. The third-order valence-corrected chi connectivity index (χ3v) is 4.31. The molecule has 18 heavy (non-hydrogen) atoms.